The molecule has 3 rings (SSSR count). The zero-order chi connectivity index (χ0) is 17.8. The standard InChI is InChI=1S/C19H15F2N3O/c1-12(15-8-6-13(20)10-16(15)21)23-19(25)9-7-14-11-22-17-4-2-3-5-18(17)24-14/h2-12H,1H3,(H,23,25)/b9-7+. The van der Waals surface area contributed by atoms with E-state index in [1.165, 1.54) is 18.2 Å². The summed E-state index contributed by atoms with van der Waals surface area (Å²) in [6.45, 7) is 1.62. The average molecular weight is 339 g/mol. The smallest absolute Gasteiger partial charge is 0.244 e. The van der Waals surface area contributed by atoms with Crippen molar-refractivity contribution in [2.75, 3.05) is 0 Å². The Morgan fingerprint density at radius 2 is 1.92 bits per heavy atom. The van der Waals surface area contributed by atoms with Crippen molar-refractivity contribution in [2.24, 2.45) is 0 Å². The number of hydrogen-bond donors (Lipinski definition) is 1. The number of benzene rings is 2. The Kier molecular flexibility index (Phi) is 4.79. The van der Waals surface area contributed by atoms with E-state index in [9.17, 15) is 13.6 Å². The van der Waals surface area contributed by atoms with Crippen LogP contribution in [-0.2, 0) is 4.79 Å². The van der Waals surface area contributed by atoms with Gasteiger partial charge in [0.15, 0.2) is 0 Å². The summed E-state index contributed by atoms with van der Waals surface area (Å²) in [5, 5.41) is 2.63. The van der Waals surface area contributed by atoms with E-state index in [0.717, 1.165) is 23.2 Å². The zero-order valence-corrected chi connectivity index (χ0v) is 13.4. The molecule has 0 aliphatic rings. The molecule has 0 spiro atoms. The van der Waals surface area contributed by atoms with Crippen molar-refractivity contribution in [3.05, 3.63) is 77.6 Å². The first-order valence-electron chi connectivity index (χ1n) is 7.68. The highest BCUT2D eigenvalue weighted by atomic mass is 19.1. The van der Waals surface area contributed by atoms with E-state index in [-0.39, 0.29) is 5.56 Å². The summed E-state index contributed by atoms with van der Waals surface area (Å²) in [5.74, 6) is -1.77. The number of amides is 1. The number of fused-ring (bicyclic) bond motifs is 1. The van der Waals surface area contributed by atoms with Crippen molar-refractivity contribution in [2.45, 2.75) is 13.0 Å². The minimum absolute atomic E-state index is 0.216. The van der Waals surface area contributed by atoms with Crippen LogP contribution in [0.25, 0.3) is 17.1 Å². The molecular weight excluding hydrogens is 324 g/mol. The Hall–Kier alpha value is -3.15. The fourth-order valence-corrected chi connectivity index (χ4v) is 2.40. The van der Waals surface area contributed by atoms with Gasteiger partial charge in [-0.15, -0.1) is 0 Å². The van der Waals surface area contributed by atoms with Gasteiger partial charge in [-0.05, 0) is 31.2 Å². The highest BCUT2D eigenvalue weighted by Gasteiger charge is 2.13. The number of halogens is 2. The second-order valence-electron chi connectivity index (χ2n) is 5.51. The van der Waals surface area contributed by atoms with E-state index >= 15 is 0 Å². The molecule has 2 aromatic carbocycles. The molecule has 1 unspecified atom stereocenters. The Morgan fingerprint density at radius 3 is 2.68 bits per heavy atom. The summed E-state index contributed by atoms with van der Waals surface area (Å²) in [7, 11) is 0. The van der Waals surface area contributed by atoms with Gasteiger partial charge < -0.3 is 5.32 Å². The molecule has 3 aromatic rings. The number of aromatic nitrogens is 2. The molecule has 1 aromatic heterocycles. The minimum Gasteiger partial charge on any atom is -0.346 e. The van der Waals surface area contributed by atoms with E-state index in [4.69, 9.17) is 0 Å². The third-order valence-corrected chi connectivity index (χ3v) is 3.66. The molecule has 0 bridgehead atoms. The first-order valence-corrected chi connectivity index (χ1v) is 7.68. The second kappa shape index (κ2) is 7.17. The van der Waals surface area contributed by atoms with Gasteiger partial charge in [0.2, 0.25) is 5.91 Å². The summed E-state index contributed by atoms with van der Waals surface area (Å²) in [4.78, 5) is 20.6. The molecule has 6 heteroatoms. The maximum Gasteiger partial charge on any atom is 0.244 e. The molecule has 126 valence electrons. The van der Waals surface area contributed by atoms with Gasteiger partial charge in [0.1, 0.15) is 11.6 Å². The molecule has 0 saturated carbocycles. The summed E-state index contributed by atoms with van der Waals surface area (Å²) < 4.78 is 26.7. The average Bonchev–Trinajstić information content (AvgIpc) is 2.59. The highest BCUT2D eigenvalue weighted by Crippen LogP contribution is 2.17. The van der Waals surface area contributed by atoms with E-state index in [0.29, 0.717) is 5.69 Å². The van der Waals surface area contributed by atoms with Crippen LogP contribution < -0.4 is 5.32 Å². The number of hydrogen-bond acceptors (Lipinski definition) is 3. The third-order valence-electron chi connectivity index (χ3n) is 3.66. The van der Waals surface area contributed by atoms with E-state index in [1.54, 1.807) is 13.1 Å². The lowest BCUT2D eigenvalue weighted by molar-refractivity contribution is -0.117. The normalized spacial score (nSPS) is 12.4. The lowest BCUT2D eigenvalue weighted by atomic mass is 10.1. The van der Waals surface area contributed by atoms with Crippen LogP contribution in [0.15, 0.2) is 54.7 Å². The van der Waals surface area contributed by atoms with Crippen molar-refractivity contribution >= 4 is 23.0 Å². The van der Waals surface area contributed by atoms with Crippen LogP contribution >= 0.6 is 0 Å². The fourth-order valence-electron chi connectivity index (χ4n) is 2.40. The number of rotatable bonds is 4. The molecule has 0 aliphatic heterocycles. The molecule has 4 nitrogen and oxygen atoms in total. The van der Waals surface area contributed by atoms with Crippen LogP contribution in [0.3, 0.4) is 0 Å². The van der Waals surface area contributed by atoms with E-state index < -0.39 is 23.6 Å². The Labute approximate surface area is 143 Å². The molecule has 1 heterocycles. The van der Waals surface area contributed by atoms with Gasteiger partial charge >= 0.3 is 0 Å². The molecule has 0 saturated heterocycles. The van der Waals surface area contributed by atoms with Gasteiger partial charge in [-0.25, -0.2) is 13.8 Å². The molecule has 1 N–H and O–H groups in total. The quantitative estimate of drug-likeness (QED) is 0.736. The van der Waals surface area contributed by atoms with Crippen LogP contribution in [0.5, 0.6) is 0 Å². The van der Waals surface area contributed by atoms with Crippen molar-refractivity contribution in [1.29, 1.82) is 0 Å². The van der Waals surface area contributed by atoms with Crippen molar-refractivity contribution in [3.63, 3.8) is 0 Å². The third kappa shape index (κ3) is 4.03. The topological polar surface area (TPSA) is 54.9 Å². The zero-order valence-electron chi connectivity index (χ0n) is 13.4. The monoisotopic (exact) mass is 339 g/mol. The van der Waals surface area contributed by atoms with Crippen LogP contribution in [0.4, 0.5) is 8.78 Å². The Morgan fingerprint density at radius 1 is 1.16 bits per heavy atom. The first kappa shape index (κ1) is 16.7. The number of para-hydroxylation sites is 2. The van der Waals surface area contributed by atoms with Crippen LogP contribution in [0.2, 0.25) is 0 Å². The van der Waals surface area contributed by atoms with Gasteiger partial charge in [0.25, 0.3) is 0 Å². The maximum absolute atomic E-state index is 13.7. The van der Waals surface area contributed by atoms with Crippen molar-refractivity contribution < 1.29 is 13.6 Å². The number of carbonyl (C=O) groups excluding carboxylic acids is 1. The molecular formula is C19H15F2N3O. The van der Waals surface area contributed by atoms with Gasteiger partial charge in [0, 0.05) is 17.7 Å². The predicted molar refractivity (Wildman–Crippen MR) is 91.5 cm³/mol. The van der Waals surface area contributed by atoms with Gasteiger partial charge in [-0.1, -0.05) is 18.2 Å². The van der Waals surface area contributed by atoms with Crippen LogP contribution in [0, 0.1) is 11.6 Å². The molecule has 25 heavy (non-hydrogen) atoms. The molecule has 0 radical (unpaired) electrons. The molecule has 1 amide bonds. The summed E-state index contributed by atoms with van der Waals surface area (Å²) >= 11 is 0. The number of nitrogens with one attached hydrogen (secondary N) is 1. The summed E-state index contributed by atoms with van der Waals surface area (Å²) in [6, 6.07) is 10.1. The lowest BCUT2D eigenvalue weighted by Gasteiger charge is -2.13. The van der Waals surface area contributed by atoms with E-state index in [2.05, 4.69) is 15.3 Å². The predicted octanol–water partition coefficient (Wildman–Crippen LogP) is 3.80. The summed E-state index contributed by atoms with van der Waals surface area (Å²) in [6.07, 6.45) is 4.40. The SMILES string of the molecule is CC(NC(=O)/C=C/c1cnc2ccccc2n1)c1ccc(F)cc1F. The largest absolute Gasteiger partial charge is 0.346 e. The molecule has 0 aliphatic carbocycles. The first-order chi connectivity index (χ1) is 12.0. The number of nitrogens with zero attached hydrogens (tertiary/aromatic N) is 2. The van der Waals surface area contributed by atoms with E-state index in [1.807, 2.05) is 24.3 Å². The van der Waals surface area contributed by atoms with Crippen LogP contribution in [0.1, 0.15) is 24.2 Å². The van der Waals surface area contributed by atoms with Crippen molar-refractivity contribution in [1.82, 2.24) is 15.3 Å². The minimum atomic E-state index is -0.697. The van der Waals surface area contributed by atoms with Gasteiger partial charge in [0.05, 0.1) is 29.0 Å². The summed E-state index contributed by atoms with van der Waals surface area (Å²) in [5.41, 5.74) is 2.25. The lowest BCUT2D eigenvalue weighted by Crippen LogP contribution is -2.25. The van der Waals surface area contributed by atoms with Gasteiger partial charge in [-0.3, -0.25) is 9.78 Å². The van der Waals surface area contributed by atoms with Crippen LogP contribution in [-0.4, -0.2) is 15.9 Å². The molecule has 1 atom stereocenters. The molecule has 0 fully saturated rings. The second-order valence-corrected chi connectivity index (χ2v) is 5.51. The highest BCUT2D eigenvalue weighted by molar-refractivity contribution is 5.92. The fraction of sp³-hybridized carbons (Fsp3) is 0.105. The maximum atomic E-state index is 13.7. The van der Waals surface area contributed by atoms with Gasteiger partial charge in [-0.2, -0.15) is 0 Å². The number of carbonyl (C=O) groups is 1. The Balaban J connectivity index is 1.69. The Bertz CT molecular complexity index is 956. The van der Waals surface area contributed by atoms with Crippen molar-refractivity contribution in [3.8, 4) is 0 Å².